The number of thioether (sulfide) groups is 1. The molecule has 92 valence electrons. The summed E-state index contributed by atoms with van der Waals surface area (Å²) in [5, 5.41) is 0. The van der Waals surface area contributed by atoms with E-state index in [4.69, 9.17) is 5.73 Å². The maximum absolute atomic E-state index is 6.18. The van der Waals surface area contributed by atoms with Gasteiger partial charge in [0.25, 0.3) is 0 Å². The highest BCUT2D eigenvalue weighted by atomic mass is 32.2. The van der Waals surface area contributed by atoms with Gasteiger partial charge in [0.2, 0.25) is 0 Å². The molecule has 0 aliphatic carbocycles. The van der Waals surface area contributed by atoms with Gasteiger partial charge in [0.05, 0.1) is 0 Å². The Labute approximate surface area is 103 Å². The summed E-state index contributed by atoms with van der Waals surface area (Å²) in [6.07, 6.45) is 4.06. The average molecular weight is 241 g/mol. The van der Waals surface area contributed by atoms with Crippen LogP contribution in [0.3, 0.4) is 0 Å². The van der Waals surface area contributed by atoms with E-state index in [2.05, 4.69) is 21.6 Å². The molecule has 2 atom stereocenters. The lowest BCUT2D eigenvalue weighted by molar-refractivity contribution is 0.0750. The standard InChI is InChI=1S/C12H23N3S/c13-10-12(15-6-8-16-9-7-15)3-5-14-4-1-2-11(12)14/h11H,1-10,13H2. The molecule has 0 radical (unpaired) electrons. The van der Waals surface area contributed by atoms with Crippen LogP contribution < -0.4 is 5.73 Å². The Morgan fingerprint density at radius 1 is 1.19 bits per heavy atom. The summed E-state index contributed by atoms with van der Waals surface area (Å²) in [6, 6.07) is 0.764. The zero-order valence-electron chi connectivity index (χ0n) is 10.0. The minimum absolute atomic E-state index is 0.331. The van der Waals surface area contributed by atoms with Crippen molar-refractivity contribution in [2.75, 3.05) is 44.2 Å². The Morgan fingerprint density at radius 2 is 2.00 bits per heavy atom. The second-order valence-corrected chi connectivity index (χ2v) is 6.58. The molecule has 4 heteroatoms. The van der Waals surface area contributed by atoms with Gasteiger partial charge in [-0.2, -0.15) is 11.8 Å². The van der Waals surface area contributed by atoms with Gasteiger partial charge in [-0.15, -0.1) is 0 Å². The van der Waals surface area contributed by atoms with Crippen molar-refractivity contribution >= 4 is 11.8 Å². The molecule has 0 amide bonds. The first-order chi connectivity index (χ1) is 7.87. The van der Waals surface area contributed by atoms with Gasteiger partial charge >= 0.3 is 0 Å². The Bertz CT molecular complexity index is 255. The molecule has 0 aromatic rings. The molecule has 3 aliphatic rings. The number of hydrogen-bond acceptors (Lipinski definition) is 4. The molecule has 2 N–H and O–H groups in total. The molecular weight excluding hydrogens is 218 g/mol. The summed E-state index contributed by atoms with van der Waals surface area (Å²) in [5.74, 6) is 2.60. The third-order valence-electron chi connectivity index (χ3n) is 4.81. The van der Waals surface area contributed by atoms with Crippen molar-refractivity contribution in [1.82, 2.24) is 9.80 Å². The molecule has 3 aliphatic heterocycles. The lowest BCUT2D eigenvalue weighted by Crippen LogP contribution is -2.61. The molecule has 3 saturated heterocycles. The number of hydrogen-bond donors (Lipinski definition) is 1. The van der Waals surface area contributed by atoms with Crippen molar-refractivity contribution in [3.05, 3.63) is 0 Å². The molecule has 3 heterocycles. The first-order valence-corrected chi connectivity index (χ1v) is 7.79. The van der Waals surface area contributed by atoms with E-state index < -0.39 is 0 Å². The Kier molecular flexibility index (Phi) is 3.17. The fourth-order valence-electron chi connectivity index (χ4n) is 3.95. The van der Waals surface area contributed by atoms with E-state index in [1.807, 2.05) is 0 Å². The average Bonchev–Trinajstić information content (AvgIpc) is 2.92. The van der Waals surface area contributed by atoms with Crippen LogP contribution in [0.1, 0.15) is 19.3 Å². The zero-order valence-corrected chi connectivity index (χ0v) is 10.8. The van der Waals surface area contributed by atoms with Gasteiger partial charge in [0, 0.05) is 49.3 Å². The van der Waals surface area contributed by atoms with Gasteiger partial charge in [-0.3, -0.25) is 9.80 Å². The zero-order chi connectivity index (χ0) is 11.0. The van der Waals surface area contributed by atoms with Gasteiger partial charge in [0.1, 0.15) is 0 Å². The van der Waals surface area contributed by atoms with E-state index in [0.29, 0.717) is 5.54 Å². The van der Waals surface area contributed by atoms with E-state index in [1.54, 1.807) is 0 Å². The highest BCUT2D eigenvalue weighted by Crippen LogP contribution is 2.40. The maximum Gasteiger partial charge on any atom is 0.0499 e. The largest absolute Gasteiger partial charge is 0.329 e. The highest BCUT2D eigenvalue weighted by molar-refractivity contribution is 7.99. The van der Waals surface area contributed by atoms with E-state index in [9.17, 15) is 0 Å². The molecular formula is C12H23N3S. The summed E-state index contributed by atoms with van der Waals surface area (Å²) >= 11 is 2.10. The van der Waals surface area contributed by atoms with Crippen LogP contribution in [0.4, 0.5) is 0 Å². The minimum Gasteiger partial charge on any atom is -0.329 e. The van der Waals surface area contributed by atoms with Crippen molar-refractivity contribution in [3.63, 3.8) is 0 Å². The molecule has 3 fully saturated rings. The van der Waals surface area contributed by atoms with E-state index in [1.165, 1.54) is 56.9 Å². The Hall–Kier alpha value is 0.230. The monoisotopic (exact) mass is 241 g/mol. The molecule has 16 heavy (non-hydrogen) atoms. The van der Waals surface area contributed by atoms with Gasteiger partial charge in [-0.05, 0) is 25.8 Å². The van der Waals surface area contributed by atoms with Crippen LogP contribution in [0, 0.1) is 0 Å². The number of nitrogens with two attached hydrogens (primary N) is 1. The van der Waals surface area contributed by atoms with Crippen LogP contribution in [0.15, 0.2) is 0 Å². The second-order valence-electron chi connectivity index (χ2n) is 5.35. The van der Waals surface area contributed by atoms with Gasteiger partial charge in [-0.1, -0.05) is 0 Å². The lowest BCUT2D eigenvalue weighted by atomic mass is 9.86. The summed E-state index contributed by atoms with van der Waals surface area (Å²) in [5.41, 5.74) is 6.51. The van der Waals surface area contributed by atoms with Gasteiger partial charge < -0.3 is 5.73 Å². The van der Waals surface area contributed by atoms with Crippen molar-refractivity contribution in [2.24, 2.45) is 5.73 Å². The number of fused-ring (bicyclic) bond motifs is 1. The van der Waals surface area contributed by atoms with Crippen molar-refractivity contribution < 1.29 is 0 Å². The first kappa shape index (κ1) is 11.3. The van der Waals surface area contributed by atoms with Crippen LogP contribution >= 0.6 is 11.8 Å². The number of nitrogens with zero attached hydrogens (tertiary/aromatic N) is 2. The quantitative estimate of drug-likeness (QED) is 0.767. The summed E-state index contributed by atoms with van der Waals surface area (Å²) in [6.45, 7) is 5.97. The number of rotatable bonds is 2. The molecule has 2 unspecified atom stereocenters. The highest BCUT2D eigenvalue weighted by Gasteiger charge is 2.51. The van der Waals surface area contributed by atoms with Gasteiger partial charge in [-0.25, -0.2) is 0 Å². The molecule has 0 bridgehead atoms. The van der Waals surface area contributed by atoms with Crippen LogP contribution in [-0.4, -0.2) is 65.6 Å². The van der Waals surface area contributed by atoms with Crippen LogP contribution in [0.2, 0.25) is 0 Å². The smallest absolute Gasteiger partial charge is 0.0499 e. The lowest BCUT2D eigenvalue weighted by Gasteiger charge is -2.46. The summed E-state index contributed by atoms with van der Waals surface area (Å²) < 4.78 is 0. The maximum atomic E-state index is 6.18. The van der Waals surface area contributed by atoms with Crippen LogP contribution in [0.25, 0.3) is 0 Å². The molecule has 3 rings (SSSR count). The first-order valence-electron chi connectivity index (χ1n) is 6.64. The van der Waals surface area contributed by atoms with Crippen molar-refractivity contribution in [2.45, 2.75) is 30.8 Å². The molecule has 0 aromatic carbocycles. The van der Waals surface area contributed by atoms with E-state index >= 15 is 0 Å². The predicted octanol–water partition coefficient (Wildman–Crippen LogP) is 0.601. The SMILES string of the molecule is NCC1(N2CCSCC2)CCN2CCCC21. The Balaban J connectivity index is 1.81. The summed E-state index contributed by atoms with van der Waals surface area (Å²) in [7, 11) is 0. The van der Waals surface area contributed by atoms with Crippen molar-refractivity contribution in [3.8, 4) is 0 Å². The van der Waals surface area contributed by atoms with Crippen molar-refractivity contribution in [1.29, 1.82) is 0 Å². The Morgan fingerprint density at radius 3 is 2.75 bits per heavy atom. The van der Waals surface area contributed by atoms with E-state index in [0.717, 1.165) is 12.6 Å². The topological polar surface area (TPSA) is 32.5 Å². The fourth-order valence-corrected chi connectivity index (χ4v) is 4.85. The third kappa shape index (κ3) is 1.62. The molecule has 0 saturated carbocycles. The fraction of sp³-hybridized carbons (Fsp3) is 1.00. The predicted molar refractivity (Wildman–Crippen MR) is 69.9 cm³/mol. The normalized spacial score (nSPS) is 41.4. The minimum atomic E-state index is 0.331. The van der Waals surface area contributed by atoms with E-state index in [-0.39, 0.29) is 0 Å². The molecule has 3 nitrogen and oxygen atoms in total. The second kappa shape index (κ2) is 4.48. The third-order valence-corrected chi connectivity index (χ3v) is 5.75. The molecule has 0 aromatic heterocycles. The molecule has 0 spiro atoms. The van der Waals surface area contributed by atoms with Crippen LogP contribution in [-0.2, 0) is 0 Å². The van der Waals surface area contributed by atoms with Crippen LogP contribution in [0.5, 0.6) is 0 Å². The van der Waals surface area contributed by atoms with Gasteiger partial charge in [0.15, 0.2) is 0 Å². The summed E-state index contributed by atoms with van der Waals surface area (Å²) in [4.78, 5) is 5.41.